The molecule has 1 N–H and O–H groups in total. The Bertz CT molecular complexity index is 619. The number of nitrogens with zero attached hydrogens (tertiary/aromatic N) is 2. The van der Waals surface area contributed by atoms with Crippen LogP contribution in [0, 0.1) is 5.82 Å². The first-order valence-corrected chi connectivity index (χ1v) is 5.56. The molecule has 0 bridgehead atoms. The fraction of sp³-hybridized carbons (Fsp3) is 0.455. The van der Waals surface area contributed by atoms with Crippen LogP contribution < -0.4 is 5.56 Å². The van der Waals surface area contributed by atoms with Gasteiger partial charge in [-0.1, -0.05) is 0 Å². The molecule has 1 saturated carbocycles. The first-order chi connectivity index (χ1) is 8.15. The van der Waals surface area contributed by atoms with Crippen molar-refractivity contribution in [3.05, 3.63) is 34.3 Å². The summed E-state index contributed by atoms with van der Waals surface area (Å²) in [6.07, 6.45) is 2.09. The normalized spacial score (nSPS) is 24.6. The third kappa shape index (κ3) is 1.64. The molecule has 90 valence electrons. The van der Waals surface area contributed by atoms with Crippen molar-refractivity contribution in [2.75, 3.05) is 0 Å². The number of halogens is 2. The van der Waals surface area contributed by atoms with Gasteiger partial charge in [-0.05, 0) is 25.3 Å². The minimum absolute atomic E-state index is 0.0763. The topological polar surface area (TPSA) is 50.2 Å². The van der Waals surface area contributed by atoms with Crippen LogP contribution in [0.2, 0.25) is 0 Å². The van der Waals surface area contributed by atoms with Crippen LogP contribution in [0.15, 0.2) is 17.1 Å². The van der Waals surface area contributed by atoms with Gasteiger partial charge in [-0.15, -0.1) is 0 Å². The van der Waals surface area contributed by atoms with Crippen molar-refractivity contribution < 1.29 is 8.78 Å². The Hall–Kier alpha value is -1.72. The maximum Gasteiger partial charge on any atom is 0.278 e. The van der Waals surface area contributed by atoms with Gasteiger partial charge in [0.15, 0.2) is 11.3 Å². The van der Waals surface area contributed by atoms with E-state index in [1.807, 2.05) is 0 Å². The Morgan fingerprint density at radius 3 is 3.00 bits per heavy atom. The van der Waals surface area contributed by atoms with E-state index in [0.29, 0.717) is 25.1 Å². The third-order valence-corrected chi connectivity index (χ3v) is 3.24. The van der Waals surface area contributed by atoms with E-state index in [9.17, 15) is 13.6 Å². The number of hydrogen-bond acceptors (Lipinski definition) is 2. The molecule has 0 aromatic carbocycles. The van der Waals surface area contributed by atoms with E-state index in [0.717, 1.165) is 0 Å². The van der Waals surface area contributed by atoms with Crippen LogP contribution in [0.1, 0.15) is 31.0 Å². The summed E-state index contributed by atoms with van der Waals surface area (Å²) in [5.41, 5.74) is -0.608. The van der Waals surface area contributed by atoms with E-state index < -0.39 is 17.5 Å². The number of rotatable bonds is 1. The predicted molar refractivity (Wildman–Crippen MR) is 57.3 cm³/mol. The highest BCUT2D eigenvalue weighted by molar-refractivity contribution is 5.45. The molecule has 1 aliphatic carbocycles. The summed E-state index contributed by atoms with van der Waals surface area (Å²) in [5.74, 6) is -0.231. The standard InChI is InChI=1S/C11H11F2N3O/c12-7-2-1-6(5-7)10-14-11(17)9-8(13)3-4-16(9)15-10/h3-4,6-7H,1-2,5H2,(H,14,15,17)/t6-,7+/m0/s1. The molecule has 2 atom stereocenters. The Morgan fingerprint density at radius 1 is 1.47 bits per heavy atom. The second-order valence-electron chi connectivity index (χ2n) is 4.40. The molecular formula is C11H11F2N3O. The average Bonchev–Trinajstić information content (AvgIpc) is 2.86. The molecule has 0 saturated heterocycles. The van der Waals surface area contributed by atoms with Gasteiger partial charge in [0.2, 0.25) is 0 Å². The number of aromatic nitrogens is 3. The first kappa shape index (κ1) is 10.4. The lowest BCUT2D eigenvalue weighted by atomic mass is 10.1. The molecule has 0 spiro atoms. The molecule has 1 aliphatic rings. The molecule has 6 heteroatoms. The summed E-state index contributed by atoms with van der Waals surface area (Å²) < 4.78 is 27.5. The van der Waals surface area contributed by atoms with E-state index in [-0.39, 0.29) is 11.4 Å². The van der Waals surface area contributed by atoms with Crippen molar-refractivity contribution >= 4 is 5.52 Å². The number of H-pyrrole nitrogens is 1. The van der Waals surface area contributed by atoms with Gasteiger partial charge in [0.25, 0.3) is 5.56 Å². The lowest BCUT2D eigenvalue weighted by Gasteiger charge is -2.07. The summed E-state index contributed by atoms with van der Waals surface area (Å²) in [4.78, 5) is 14.2. The quantitative estimate of drug-likeness (QED) is 0.824. The largest absolute Gasteiger partial charge is 0.307 e. The fourth-order valence-corrected chi connectivity index (χ4v) is 2.37. The van der Waals surface area contributed by atoms with Gasteiger partial charge in [-0.3, -0.25) is 4.79 Å². The zero-order valence-electron chi connectivity index (χ0n) is 8.99. The minimum atomic E-state index is -0.831. The fourth-order valence-electron chi connectivity index (χ4n) is 2.37. The highest BCUT2D eigenvalue weighted by Crippen LogP contribution is 2.33. The average molecular weight is 239 g/mol. The van der Waals surface area contributed by atoms with E-state index in [1.54, 1.807) is 0 Å². The Balaban J connectivity index is 2.10. The lowest BCUT2D eigenvalue weighted by molar-refractivity contribution is 0.338. The molecule has 0 amide bonds. The molecular weight excluding hydrogens is 228 g/mol. The van der Waals surface area contributed by atoms with Gasteiger partial charge >= 0.3 is 0 Å². The van der Waals surface area contributed by atoms with Crippen LogP contribution in [0.4, 0.5) is 8.78 Å². The van der Waals surface area contributed by atoms with Crippen LogP contribution in [-0.2, 0) is 0 Å². The van der Waals surface area contributed by atoms with E-state index in [1.165, 1.54) is 16.8 Å². The van der Waals surface area contributed by atoms with Crippen molar-refractivity contribution in [1.82, 2.24) is 14.6 Å². The van der Waals surface area contributed by atoms with E-state index in [2.05, 4.69) is 10.1 Å². The Morgan fingerprint density at radius 2 is 2.29 bits per heavy atom. The Labute approximate surface area is 95.3 Å². The second-order valence-corrected chi connectivity index (χ2v) is 4.40. The van der Waals surface area contributed by atoms with E-state index in [4.69, 9.17) is 0 Å². The molecule has 0 aliphatic heterocycles. The maximum absolute atomic E-state index is 13.2. The van der Waals surface area contributed by atoms with Gasteiger partial charge in [0, 0.05) is 12.1 Å². The van der Waals surface area contributed by atoms with Gasteiger partial charge in [0.1, 0.15) is 12.0 Å². The third-order valence-electron chi connectivity index (χ3n) is 3.24. The molecule has 3 rings (SSSR count). The molecule has 17 heavy (non-hydrogen) atoms. The number of hydrogen-bond donors (Lipinski definition) is 1. The van der Waals surface area contributed by atoms with Crippen molar-refractivity contribution in [3.63, 3.8) is 0 Å². The monoisotopic (exact) mass is 239 g/mol. The van der Waals surface area contributed by atoms with Crippen molar-refractivity contribution in [3.8, 4) is 0 Å². The molecule has 2 aromatic rings. The zero-order valence-corrected chi connectivity index (χ0v) is 8.99. The molecule has 0 unspecified atom stereocenters. The van der Waals surface area contributed by atoms with Crippen molar-refractivity contribution in [1.29, 1.82) is 0 Å². The van der Waals surface area contributed by atoms with Gasteiger partial charge in [-0.2, -0.15) is 5.10 Å². The Kier molecular flexibility index (Phi) is 2.24. The molecule has 2 heterocycles. The highest BCUT2D eigenvalue weighted by atomic mass is 19.1. The van der Waals surface area contributed by atoms with E-state index >= 15 is 0 Å². The van der Waals surface area contributed by atoms with Crippen molar-refractivity contribution in [2.24, 2.45) is 0 Å². The van der Waals surface area contributed by atoms with Crippen molar-refractivity contribution in [2.45, 2.75) is 31.4 Å². The minimum Gasteiger partial charge on any atom is -0.307 e. The molecule has 1 fully saturated rings. The van der Waals surface area contributed by atoms with Crippen LogP contribution in [0.3, 0.4) is 0 Å². The first-order valence-electron chi connectivity index (χ1n) is 5.56. The second kappa shape index (κ2) is 3.65. The summed E-state index contributed by atoms with van der Waals surface area (Å²) in [6, 6.07) is 1.19. The highest BCUT2D eigenvalue weighted by Gasteiger charge is 2.28. The van der Waals surface area contributed by atoms with Gasteiger partial charge in [-0.25, -0.2) is 13.3 Å². The van der Waals surface area contributed by atoms with Crippen LogP contribution in [-0.4, -0.2) is 20.8 Å². The van der Waals surface area contributed by atoms with Gasteiger partial charge in [0.05, 0.1) is 0 Å². The number of alkyl halides is 1. The van der Waals surface area contributed by atoms with Crippen LogP contribution in [0.25, 0.3) is 5.52 Å². The maximum atomic E-state index is 13.2. The number of fused-ring (bicyclic) bond motifs is 1. The molecule has 0 radical (unpaired) electrons. The molecule has 4 nitrogen and oxygen atoms in total. The summed E-state index contributed by atoms with van der Waals surface area (Å²) in [7, 11) is 0. The number of aromatic amines is 1. The van der Waals surface area contributed by atoms with Crippen LogP contribution >= 0.6 is 0 Å². The smallest absolute Gasteiger partial charge is 0.278 e. The summed E-state index contributed by atoms with van der Waals surface area (Å²) in [5, 5.41) is 4.13. The molecule has 2 aromatic heterocycles. The van der Waals surface area contributed by atoms with Crippen LogP contribution in [0.5, 0.6) is 0 Å². The zero-order chi connectivity index (χ0) is 12.0. The summed E-state index contributed by atoms with van der Waals surface area (Å²) in [6.45, 7) is 0. The predicted octanol–water partition coefficient (Wildman–Crippen LogP) is 1.77. The lowest BCUT2D eigenvalue weighted by Crippen LogP contribution is -2.18. The number of nitrogens with one attached hydrogen (secondary N) is 1. The van der Waals surface area contributed by atoms with Gasteiger partial charge < -0.3 is 4.98 Å². The SMILES string of the molecule is O=c1[nH]c([C@H]2CC[C@@H](F)C2)nn2ccc(F)c12. The summed E-state index contributed by atoms with van der Waals surface area (Å²) >= 11 is 0.